The third kappa shape index (κ3) is 6.62. The van der Waals surface area contributed by atoms with Gasteiger partial charge in [-0.05, 0) is 55.8 Å². The molecule has 3 nitrogen and oxygen atoms in total. The lowest BCUT2D eigenvalue weighted by atomic mass is 9.77. The summed E-state index contributed by atoms with van der Waals surface area (Å²) >= 11 is 0. The van der Waals surface area contributed by atoms with Crippen molar-refractivity contribution in [1.82, 2.24) is 0 Å². The molecular weight excluding hydrogens is 386 g/mol. The van der Waals surface area contributed by atoms with Crippen LogP contribution in [0.1, 0.15) is 90.9 Å². The van der Waals surface area contributed by atoms with E-state index in [1.54, 1.807) is 7.11 Å². The number of methoxy groups -OCH3 is 1. The molecule has 3 fully saturated rings. The minimum Gasteiger partial charge on any atom is -0.375 e. The van der Waals surface area contributed by atoms with Crippen LogP contribution >= 0.6 is 0 Å². The topological polar surface area (TPSA) is 27.7 Å². The summed E-state index contributed by atoms with van der Waals surface area (Å²) in [6.07, 6.45) is 8.78. The third-order valence-corrected chi connectivity index (χ3v) is 7.92. The Bertz CT molecular complexity index is 481. The Hall–Kier alpha value is -0.260. The number of hydrogen-bond acceptors (Lipinski definition) is 3. The molecule has 1 aliphatic heterocycles. The summed E-state index contributed by atoms with van der Waals surface area (Å²) in [5.74, 6) is 2.25. The van der Waals surface area contributed by atoms with E-state index in [1.165, 1.54) is 57.8 Å². The SMILES string of the molecule is CCCC(C)CCCC1CCC(COC2CC3CCC(OC)OC3C(F)C2F)CC1. The number of halogens is 2. The molecule has 0 bridgehead atoms. The van der Waals surface area contributed by atoms with E-state index in [4.69, 9.17) is 14.2 Å². The van der Waals surface area contributed by atoms with Crippen LogP contribution < -0.4 is 0 Å². The molecule has 1 saturated heterocycles. The molecule has 0 aromatic heterocycles. The van der Waals surface area contributed by atoms with Crippen LogP contribution in [0, 0.1) is 23.7 Å². The Labute approximate surface area is 182 Å². The van der Waals surface area contributed by atoms with Gasteiger partial charge in [-0.25, -0.2) is 8.78 Å². The second-order valence-corrected chi connectivity index (χ2v) is 10.3. The molecule has 0 aromatic carbocycles. The fourth-order valence-electron chi connectivity index (χ4n) is 5.94. The van der Waals surface area contributed by atoms with Gasteiger partial charge in [0, 0.05) is 13.7 Å². The second-order valence-electron chi connectivity index (χ2n) is 10.3. The van der Waals surface area contributed by atoms with Crippen molar-refractivity contribution in [3.8, 4) is 0 Å². The Kier molecular flexibility index (Phi) is 9.84. The Balaban J connectivity index is 1.34. The zero-order valence-electron chi connectivity index (χ0n) is 19.4. The van der Waals surface area contributed by atoms with Gasteiger partial charge in [0.1, 0.15) is 0 Å². The molecular formula is C25H44F2O3. The predicted octanol–water partition coefficient (Wildman–Crippen LogP) is 6.63. The normalized spacial score (nSPS) is 40.7. The van der Waals surface area contributed by atoms with E-state index < -0.39 is 30.8 Å². The van der Waals surface area contributed by atoms with Crippen molar-refractivity contribution in [2.75, 3.05) is 13.7 Å². The highest BCUT2D eigenvalue weighted by Crippen LogP contribution is 2.41. The highest BCUT2D eigenvalue weighted by atomic mass is 19.2. The van der Waals surface area contributed by atoms with E-state index in [0.29, 0.717) is 18.9 Å². The zero-order chi connectivity index (χ0) is 21.5. The van der Waals surface area contributed by atoms with Gasteiger partial charge in [0.05, 0.1) is 12.2 Å². The van der Waals surface area contributed by atoms with E-state index >= 15 is 0 Å². The molecule has 0 aromatic rings. The van der Waals surface area contributed by atoms with E-state index in [1.807, 2.05) is 0 Å². The highest BCUT2D eigenvalue weighted by molar-refractivity contribution is 4.96. The van der Waals surface area contributed by atoms with Crippen LogP contribution in [0.4, 0.5) is 8.78 Å². The number of rotatable bonds is 10. The zero-order valence-corrected chi connectivity index (χ0v) is 19.4. The quantitative estimate of drug-likeness (QED) is 0.389. The largest absolute Gasteiger partial charge is 0.375 e. The molecule has 7 unspecified atom stereocenters. The van der Waals surface area contributed by atoms with E-state index in [-0.39, 0.29) is 5.92 Å². The minimum absolute atomic E-state index is 0.0363. The van der Waals surface area contributed by atoms with Crippen LogP contribution in [0.5, 0.6) is 0 Å². The maximum absolute atomic E-state index is 14.7. The van der Waals surface area contributed by atoms with E-state index in [2.05, 4.69) is 13.8 Å². The number of hydrogen-bond donors (Lipinski definition) is 0. The van der Waals surface area contributed by atoms with Crippen molar-refractivity contribution < 1.29 is 23.0 Å². The Morgan fingerprint density at radius 1 is 0.967 bits per heavy atom. The van der Waals surface area contributed by atoms with Crippen LogP contribution in [0.15, 0.2) is 0 Å². The van der Waals surface area contributed by atoms with Crippen LogP contribution in [-0.4, -0.2) is 44.6 Å². The van der Waals surface area contributed by atoms with Crippen molar-refractivity contribution in [1.29, 1.82) is 0 Å². The minimum atomic E-state index is -1.61. The molecule has 0 radical (unpaired) electrons. The van der Waals surface area contributed by atoms with Crippen LogP contribution in [0.2, 0.25) is 0 Å². The summed E-state index contributed by atoms with van der Waals surface area (Å²) in [7, 11) is 1.56. The molecule has 3 aliphatic rings. The van der Waals surface area contributed by atoms with Crippen molar-refractivity contribution in [2.24, 2.45) is 23.7 Å². The van der Waals surface area contributed by atoms with Crippen molar-refractivity contribution in [2.45, 2.75) is 122 Å². The number of fused-ring (bicyclic) bond motifs is 1. The Morgan fingerprint density at radius 3 is 2.40 bits per heavy atom. The molecule has 0 N–H and O–H groups in total. The van der Waals surface area contributed by atoms with E-state index in [9.17, 15) is 8.78 Å². The van der Waals surface area contributed by atoms with E-state index in [0.717, 1.165) is 24.7 Å². The first-order valence-corrected chi connectivity index (χ1v) is 12.6. The monoisotopic (exact) mass is 430 g/mol. The van der Waals surface area contributed by atoms with Gasteiger partial charge < -0.3 is 14.2 Å². The van der Waals surface area contributed by atoms with Crippen molar-refractivity contribution >= 4 is 0 Å². The molecule has 3 rings (SSSR count). The summed E-state index contributed by atoms with van der Waals surface area (Å²) in [6, 6.07) is 0. The second kappa shape index (κ2) is 12.1. The fraction of sp³-hybridized carbons (Fsp3) is 1.00. The van der Waals surface area contributed by atoms with Gasteiger partial charge in [0.15, 0.2) is 18.6 Å². The summed E-state index contributed by atoms with van der Waals surface area (Å²) in [5.41, 5.74) is 0. The predicted molar refractivity (Wildman–Crippen MR) is 116 cm³/mol. The maximum atomic E-state index is 14.7. The first kappa shape index (κ1) is 24.4. The van der Waals surface area contributed by atoms with Crippen molar-refractivity contribution in [3.05, 3.63) is 0 Å². The van der Waals surface area contributed by atoms with Gasteiger partial charge in [0.2, 0.25) is 0 Å². The first-order valence-electron chi connectivity index (χ1n) is 12.6. The van der Waals surface area contributed by atoms with Gasteiger partial charge in [-0.3, -0.25) is 0 Å². The van der Waals surface area contributed by atoms with Gasteiger partial charge in [-0.15, -0.1) is 0 Å². The maximum Gasteiger partial charge on any atom is 0.160 e. The molecule has 0 amide bonds. The number of alkyl halides is 2. The standard InChI is InChI=1S/C25H44F2O3/c1-4-6-17(2)7-5-8-18-9-11-19(12-10-18)16-29-21-15-20-13-14-22(28-3)30-25(20)24(27)23(21)26/h17-25H,4-16H2,1-3H3. The average Bonchev–Trinajstić information content (AvgIpc) is 2.76. The third-order valence-electron chi connectivity index (χ3n) is 7.92. The average molecular weight is 431 g/mol. The number of ether oxygens (including phenoxy) is 3. The lowest BCUT2D eigenvalue weighted by Crippen LogP contribution is -2.54. The highest BCUT2D eigenvalue weighted by Gasteiger charge is 2.49. The molecule has 7 atom stereocenters. The van der Waals surface area contributed by atoms with Gasteiger partial charge >= 0.3 is 0 Å². The summed E-state index contributed by atoms with van der Waals surface area (Å²) in [6.45, 7) is 5.22. The fourth-order valence-corrected chi connectivity index (χ4v) is 5.94. The smallest absolute Gasteiger partial charge is 0.160 e. The summed E-state index contributed by atoms with van der Waals surface area (Å²) in [5, 5.41) is 0. The van der Waals surface area contributed by atoms with Crippen LogP contribution in [0.3, 0.4) is 0 Å². The van der Waals surface area contributed by atoms with Crippen molar-refractivity contribution in [3.63, 3.8) is 0 Å². The lowest BCUT2D eigenvalue weighted by molar-refractivity contribution is -0.243. The molecule has 1 heterocycles. The molecule has 2 aliphatic carbocycles. The molecule has 0 spiro atoms. The van der Waals surface area contributed by atoms with Gasteiger partial charge in [0.25, 0.3) is 0 Å². The van der Waals surface area contributed by atoms with Gasteiger partial charge in [-0.1, -0.05) is 58.8 Å². The molecule has 30 heavy (non-hydrogen) atoms. The summed E-state index contributed by atoms with van der Waals surface area (Å²) in [4.78, 5) is 0. The van der Waals surface area contributed by atoms with Gasteiger partial charge in [-0.2, -0.15) is 0 Å². The molecule has 176 valence electrons. The lowest BCUT2D eigenvalue weighted by Gasteiger charge is -2.44. The van der Waals surface area contributed by atoms with Crippen LogP contribution in [-0.2, 0) is 14.2 Å². The molecule has 2 saturated carbocycles. The van der Waals surface area contributed by atoms with Crippen LogP contribution in [0.25, 0.3) is 0 Å². The molecule has 5 heteroatoms. The summed E-state index contributed by atoms with van der Waals surface area (Å²) < 4.78 is 46.2. The Morgan fingerprint density at radius 2 is 1.70 bits per heavy atom. The first-order chi connectivity index (χ1) is 14.5.